The van der Waals surface area contributed by atoms with E-state index in [-0.39, 0.29) is 11.8 Å². The molecule has 1 aliphatic heterocycles. The molecule has 1 N–H and O–H groups in total. The minimum Gasteiger partial charge on any atom is -0.344 e. The van der Waals surface area contributed by atoms with Gasteiger partial charge in [-0.05, 0) is 59.3 Å². The van der Waals surface area contributed by atoms with Crippen LogP contribution in [0.15, 0.2) is 84.4 Å². The van der Waals surface area contributed by atoms with Crippen molar-refractivity contribution in [1.29, 1.82) is 0 Å². The third kappa shape index (κ3) is 3.06. The first-order valence-corrected chi connectivity index (χ1v) is 10.5. The zero-order valence-corrected chi connectivity index (χ0v) is 17.9. The first kappa shape index (κ1) is 18.1. The van der Waals surface area contributed by atoms with Crippen LogP contribution in [0.1, 0.15) is 28.9 Å². The van der Waals surface area contributed by atoms with Crippen LogP contribution in [0.3, 0.4) is 0 Å². The Bertz CT molecular complexity index is 1260. The molecule has 0 bridgehead atoms. The van der Waals surface area contributed by atoms with E-state index in [4.69, 9.17) is 4.98 Å². The van der Waals surface area contributed by atoms with Gasteiger partial charge in [-0.1, -0.05) is 54.6 Å². The molecule has 5 rings (SSSR count). The van der Waals surface area contributed by atoms with Crippen molar-refractivity contribution in [3.63, 3.8) is 0 Å². The second kappa shape index (κ2) is 7.15. The summed E-state index contributed by atoms with van der Waals surface area (Å²) < 4.78 is 3.21. The number of para-hydroxylation sites is 2. The normalized spacial score (nSPS) is 15.9. The smallest absolute Gasteiger partial charge is 0.209 e. The first-order valence-electron chi connectivity index (χ1n) is 9.44. The summed E-state index contributed by atoms with van der Waals surface area (Å²) in [5.74, 6) is 0.791. The number of hydrogen-bond acceptors (Lipinski definition) is 3. The molecule has 0 aliphatic carbocycles. The average molecular weight is 491 g/mol. The maximum Gasteiger partial charge on any atom is 0.209 e. The highest BCUT2D eigenvalue weighted by molar-refractivity contribution is 14.1. The van der Waals surface area contributed by atoms with Crippen molar-refractivity contribution in [3.8, 4) is 0 Å². The first-order chi connectivity index (χ1) is 14.1. The zero-order valence-electron chi connectivity index (χ0n) is 15.8. The topological polar surface area (TPSA) is 46.9 Å². The van der Waals surface area contributed by atoms with Gasteiger partial charge in [-0.3, -0.25) is 9.36 Å². The Morgan fingerprint density at radius 2 is 1.66 bits per heavy atom. The number of nitrogens with one attached hydrogen (secondary N) is 1. The number of allylic oxidation sites excluding steroid dienone is 1. The molecule has 0 fully saturated rings. The number of halogens is 1. The molecule has 0 unspecified atom stereocenters. The predicted molar refractivity (Wildman–Crippen MR) is 125 cm³/mol. The SMILES string of the molecule is CC1=C(C(=O)c2ccccc2)[C@@H](c2ccc(I)cc2)Nc2nc3ccccc3n21. The fourth-order valence-corrected chi connectivity index (χ4v) is 4.30. The Hall–Kier alpha value is -2.93. The van der Waals surface area contributed by atoms with Gasteiger partial charge in [0.2, 0.25) is 5.95 Å². The summed E-state index contributed by atoms with van der Waals surface area (Å²) in [5.41, 5.74) is 5.28. The van der Waals surface area contributed by atoms with E-state index in [1.807, 2.05) is 61.5 Å². The molecule has 0 radical (unpaired) electrons. The number of fused-ring (bicyclic) bond motifs is 3. The van der Waals surface area contributed by atoms with Gasteiger partial charge in [0.15, 0.2) is 5.78 Å². The molecule has 3 aromatic carbocycles. The number of carbonyl (C=O) groups excluding carboxylic acids is 1. The third-order valence-corrected chi connectivity index (χ3v) is 6.05. The summed E-state index contributed by atoms with van der Waals surface area (Å²) in [4.78, 5) is 18.4. The van der Waals surface area contributed by atoms with Gasteiger partial charge < -0.3 is 5.32 Å². The van der Waals surface area contributed by atoms with E-state index in [9.17, 15) is 4.79 Å². The fourth-order valence-electron chi connectivity index (χ4n) is 3.94. The largest absolute Gasteiger partial charge is 0.344 e. The number of aromatic nitrogens is 2. The van der Waals surface area contributed by atoms with Gasteiger partial charge in [-0.25, -0.2) is 4.98 Å². The van der Waals surface area contributed by atoms with Crippen LogP contribution in [0.5, 0.6) is 0 Å². The van der Waals surface area contributed by atoms with Gasteiger partial charge >= 0.3 is 0 Å². The maximum atomic E-state index is 13.6. The molecule has 0 saturated carbocycles. The highest BCUT2D eigenvalue weighted by Crippen LogP contribution is 2.39. The molecular formula is C24H18IN3O. The van der Waals surface area contributed by atoms with Crippen LogP contribution in [0, 0.1) is 3.57 Å². The van der Waals surface area contributed by atoms with Crippen molar-refractivity contribution < 1.29 is 4.79 Å². The minimum absolute atomic E-state index is 0.0302. The van der Waals surface area contributed by atoms with Crippen LogP contribution in [-0.2, 0) is 0 Å². The maximum absolute atomic E-state index is 13.6. The lowest BCUT2D eigenvalue weighted by Crippen LogP contribution is -2.27. The van der Waals surface area contributed by atoms with Crippen LogP contribution in [0.4, 0.5) is 5.95 Å². The molecular weight excluding hydrogens is 473 g/mol. The van der Waals surface area contributed by atoms with Crippen molar-refractivity contribution in [2.75, 3.05) is 5.32 Å². The number of benzene rings is 3. The lowest BCUT2D eigenvalue weighted by atomic mass is 9.89. The summed E-state index contributed by atoms with van der Waals surface area (Å²) >= 11 is 2.29. The molecule has 29 heavy (non-hydrogen) atoms. The highest BCUT2D eigenvalue weighted by atomic mass is 127. The number of Topliss-reactive ketones (excluding diaryl/α,β-unsaturated/α-hetero) is 1. The number of hydrogen-bond donors (Lipinski definition) is 1. The van der Waals surface area contributed by atoms with Crippen LogP contribution in [0.2, 0.25) is 0 Å². The summed E-state index contributed by atoms with van der Waals surface area (Å²) in [7, 11) is 0. The van der Waals surface area contributed by atoms with Crippen molar-refractivity contribution in [1.82, 2.24) is 9.55 Å². The Morgan fingerprint density at radius 1 is 0.966 bits per heavy atom. The molecule has 0 amide bonds. The summed E-state index contributed by atoms with van der Waals surface area (Å²) in [6, 6.07) is 25.5. The number of rotatable bonds is 3. The lowest BCUT2D eigenvalue weighted by molar-refractivity contribution is 0.102. The predicted octanol–water partition coefficient (Wildman–Crippen LogP) is 5.92. The number of imidazole rings is 1. The zero-order chi connectivity index (χ0) is 20.0. The summed E-state index contributed by atoms with van der Waals surface area (Å²) in [6.07, 6.45) is 0. The van der Waals surface area contributed by atoms with Crippen LogP contribution in [-0.4, -0.2) is 15.3 Å². The molecule has 1 aliphatic rings. The molecule has 1 aromatic heterocycles. The highest BCUT2D eigenvalue weighted by Gasteiger charge is 2.32. The Balaban J connectivity index is 1.75. The minimum atomic E-state index is -0.260. The molecule has 2 heterocycles. The van der Waals surface area contributed by atoms with Crippen LogP contribution < -0.4 is 5.32 Å². The lowest BCUT2D eigenvalue weighted by Gasteiger charge is -2.30. The van der Waals surface area contributed by atoms with Crippen molar-refractivity contribution in [2.24, 2.45) is 0 Å². The van der Waals surface area contributed by atoms with E-state index in [1.165, 1.54) is 0 Å². The molecule has 0 saturated heterocycles. The van der Waals surface area contributed by atoms with E-state index >= 15 is 0 Å². The average Bonchev–Trinajstić information content (AvgIpc) is 3.13. The molecule has 5 heteroatoms. The fraction of sp³-hybridized carbons (Fsp3) is 0.0833. The van der Waals surface area contributed by atoms with Gasteiger partial charge in [-0.2, -0.15) is 0 Å². The molecule has 142 valence electrons. The Morgan fingerprint density at radius 3 is 2.41 bits per heavy atom. The van der Waals surface area contributed by atoms with Gasteiger partial charge in [0, 0.05) is 20.4 Å². The number of nitrogens with zero attached hydrogens (tertiary/aromatic N) is 2. The second-order valence-electron chi connectivity index (χ2n) is 7.08. The third-order valence-electron chi connectivity index (χ3n) is 5.33. The van der Waals surface area contributed by atoms with E-state index < -0.39 is 0 Å². The number of ketones is 1. The molecule has 4 aromatic rings. The van der Waals surface area contributed by atoms with Crippen molar-refractivity contribution in [3.05, 3.63) is 99.1 Å². The Labute approximate surface area is 182 Å². The second-order valence-corrected chi connectivity index (χ2v) is 8.33. The van der Waals surface area contributed by atoms with Crippen molar-refractivity contribution in [2.45, 2.75) is 13.0 Å². The van der Waals surface area contributed by atoms with Gasteiger partial charge in [0.05, 0.1) is 17.1 Å². The summed E-state index contributed by atoms with van der Waals surface area (Å²) in [5, 5.41) is 3.52. The van der Waals surface area contributed by atoms with Gasteiger partial charge in [0.25, 0.3) is 0 Å². The van der Waals surface area contributed by atoms with E-state index in [0.29, 0.717) is 5.56 Å². The monoisotopic (exact) mass is 491 g/mol. The van der Waals surface area contributed by atoms with E-state index in [1.54, 1.807) is 0 Å². The molecule has 1 atom stereocenters. The quantitative estimate of drug-likeness (QED) is 0.286. The van der Waals surface area contributed by atoms with Crippen LogP contribution in [0.25, 0.3) is 16.7 Å². The Kier molecular flexibility index (Phi) is 4.47. The number of carbonyl (C=O) groups is 1. The van der Waals surface area contributed by atoms with Gasteiger partial charge in [-0.15, -0.1) is 0 Å². The van der Waals surface area contributed by atoms with Gasteiger partial charge in [0.1, 0.15) is 0 Å². The molecule has 4 nitrogen and oxygen atoms in total. The summed E-state index contributed by atoms with van der Waals surface area (Å²) in [6.45, 7) is 2.01. The number of anilines is 1. The van der Waals surface area contributed by atoms with E-state index in [2.05, 4.69) is 56.7 Å². The van der Waals surface area contributed by atoms with Crippen molar-refractivity contribution >= 4 is 51.1 Å². The van der Waals surface area contributed by atoms with E-state index in [0.717, 1.165) is 37.4 Å². The van der Waals surface area contributed by atoms with Crippen LogP contribution >= 0.6 is 22.6 Å². The standard InChI is InChI=1S/C24H18IN3O/c1-15-21(23(29)17-7-3-2-4-8-17)22(16-11-13-18(25)14-12-16)27-24-26-19-9-5-6-10-20(19)28(15)24/h2-14,22H,1H3,(H,26,27)/t22-/m1/s1. The molecule has 0 spiro atoms.